The number of hydrogen-bond donors (Lipinski definition) is 0. The lowest BCUT2D eigenvalue weighted by molar-refractivity contribution is 0.0653. The standard InChI is InChI=1S/C13H16F2N2O2/c1-16-5-7-17(8-6-16)13(18)11-9(14)3-4-10(19-2)12(11)15/h3-4H,5-8H2,1-2H3. The minimum Gasteiger partial charge on any atom is -0.494 e. The third kappa shape index (κ3) is 2.68. The van der Waals surface area contributed by atoms with Gasteiger partial charge in [-0.05, 0) is 19.2 Å². The molecule has 0 N–H and O–H groups in total. The first-order valence-electron chi connectivity index (χ1n) is 6.04. The van der Waals surface area contributed by atoms with Crippen molar-refractivity contribution in [3.8, 4) is 5.75 Å². The van der Waals surface area contributed by atoms with Gasteiger partial charge in [0.25, 0.3) is 5.91 Å². The normalized spacial score (nSPS) is 16.5. The van der Waals surface area contributed by atoms with Gasteiger partial charge in [0, 0.05) is 26.2 Å². The molecule has 0 aliphatic carbocycles. The first-order chi connectivity index (χ1) is 9.04. The van der Waals surface area contributed by atoms with E-state index in [-0.39, 0.29) is 5.75 Å². The number of amides is 1. The van der Waals surface area contributed by atoms with Crippen LogP contribution in [0.2, 0.25) is 0 Å². The highest BCUT2D eigenvalue weighted by Crippen LogP contribution is 2.24. The van der Waals surface area contributed by atoms with Crippen molar-refractivity contribution in [2.45, 2.75) is 0 Å². The molecule has 1 aromatic rings. The van der Waals surface area contributed by atoms with Crippen LogP contribution in [0.15, 0.2) is 12.1 Å². The smallest absolute Gasteiger partial charge is 0.260 e. The number of benzene rings is 1. The number of hydrogen-bond acceptors (Lipinski definition) is 3. The maximum absolute atomic E-state index is 14.0. The highest BCUT2D eigenvalue weighted by molar-refractivity contribution is 5.95. The van der Waals surface area contributed by atoms with Crippen molar-refractivity contribution in [2.75, 3.05) is 40.3 Å². The molecule has 1 saturated heterocycles. The van der Waals surface area contributed by atoms with Crippen LogP contribution in [0, 0.1) is 11.6 Å². The topological polar surface area (TPSA) is 32.8 Å². The third-order valence-electron chi connectivity index (χ3n) is 3.28. The lowest BCUT2D eigenvalue weighted by Gasteiger charge is -2.32. The molecule has 6 heteroatoms. The van der Waals surface area contributed by atoms with Crippen LogP contribution >= 0.6 is 0 Å². The second-order valence-electron chi connectivity index (χ2n) is 4.53. The van der Waals surface area contributed by atoms with Gasteiger partial charge in [-0.3, -0.25) is 4.79 Å². The van der Waals surface area contributed by atoms with Crippen LogP contribution in [0.4, 0.5) is 8.78 Å². The number of nitrogens with zero attached hydrogens (tertiary/aromatic N) is 2. The van der Waals surface area contributed by atoms with E-state index in [1.807, 2.05) is 7.05 Å². The van der Waals surface area contributed by atoms with E-state index in [0.717, 1.165) is 6.07 Å². The van der Waals surface area contributed by atoms with Crippen LogP contribution in [-0.4, -0.2) is 56.0 Å². The van der Waals surface area contributed by atoms with Crippen molar-refractivity contribution in [2.24, 2.45) is 0 Å². The van der Waals surface area contributed by atoms with Crippen molar-refractivity contribution < 1.29 is 18.3 Å². The Morgan fingerprint density at radius 1 is 1.21 bits per heavy atom. The zero-order valence-electron chi connectivity index (χ0n) is 10.9. The number of methoxy groups -OCH3 is 1. The van der Waals surface area contributed by atoms with Crippen LogP contribution in [0.3, 0.4) is 0 Å². The summed E-state index contributed by atoms with van der Waals surface area (Å²) in [6.45, 7) is 2.31. The van der Waals surface area contributed by atoms with Crippen LogP contribution < -0.4 is 4.74 Å². The Morgan fingerprint density at radius 2 is 1.84 bits per heavy atom. The maximum Gasteiger partial charge on any atom is 0.260 e. The minimum absolute atomic E-state index is 0.126. The Balaban J connectivity index is 2.28. The number of carbonyl (C=O) groups is 1. The van der Waals surface area contributed by atoms with Crippen LogP contribution in [-0.2, 0) is 0 Å². The van der Waals surface area contributed by atoms with E-state index in [0.29, 0.717) is 26.2 Å². The highest BCUT2D eigenvalue weighted by atomic mass is 19.1. The number of piperazine rings is 1. The Kier molecular flexibility index (Phi) is 3.99. The predicted molar refractivity (Wildman–Crippen MR) is 66.3 cm³/mol. The summed E-state index contributed by atoms with van der Waals surface area (Å²) in [6, 6.07) is 2.22. The molecule has 0 radical (unpaired) electrons. The lowest BCUT2D eigenvalue weighted by Crippen LogP contribution is -2.47. The molecule has 0 saturated carbocycles. The predicted octanol–water partition coefficient (Wildman–Crippen LogP) is 1.36. The molecular formula is C13H16F2N2O2. The first kappa shape index (κ1) is 13.7. The van der Waals surface area contributed by atoms with E-state index in [9.17, 15) is 13.6 Å². The van der Waals surface area contributed by atoms with Gasteiger partial charge in [0.1, 0.15) is 11.4 Å². The molecule has 0 atom stereocenters. The molecule has 0 unspecified atom stereocenters. The molecule has 19 heavy (non-hydrogen) atoms. The van der Waals surface area contributed by atoms with Gasteiger partial charge in [0.05, 0.1) is 7.11 Å². The molecule has 1 amide bonds. The number of carbonyl (C=O) groups excluding carboxylic acids is 1. The summed E-state index contributed by atoms with van der Waals surface area (Å²) >= 11 is 0. The molecule has 0 aromatic heterocycles. The summed E-state index contributed by atoms with van der Waals surface area (Å²) in [7, 11) is 3.22. The zero-order valence-corrected chi connectivity index (χ0v) is 10.9. The van der Waals surface area contributed by atoms with E-state index < -0.39 is 23.1 Å². The monoisotopic (exact) mass is 270 g/mol. The SMILES string of the molecule is COc1ccc(F)c(C(=O)N2CCN(C)CC2)c1F. The van der Waals surface area contributed by atoms with Gasteiger partial charge in [-0.2, -0.15) is 0 Å². The van der Waals surface area contributed by atoms with Crippen LogP contribution in [0.5, 0.6) is 5.75 Å². The Bertz CT molecular complexity index is 486. The Hall–Kier alpha value is -1.69. The van der Waals surface area contributed by atoms with E-state index in [4.69, 9.17) is 4.74 Å². The molecule has 0 spiro atoms. The van der Waals surface area contributed by atoms with Crippen molar-refractivity contribution in [1.29, 1.82) is 0 Å². The molecule has 1 aliphatic rings. The first-order valence-corrected chi connectivity index (χ1v) is 6.04. The molecule has 1 fully saturated rings. The van der Waals surface area contributed by atoms with Crippen LogP contribution in [0.1, 0.15) is 10.4 Å². The molecule has 1 heterocycles. The molecule has 104 valence electrons. The van der Waals surface area contributed by atoms with Gasteiger partial charge in [0.2, 0.25) is 0 Å². The zero-order chi connectivity index (χ0) is 14.0. The van der Waals surface area contributed by atoms with Crippen molar-refractivity contribution >= 4 is 5.91 Å². The second kappa shape index (κ2) is 5.52. The van der Waals surface area contributed by atoms with Gasteiger partial charge >= 0.3 is 0 Å². The van der Waals surface area contributed by atoms with Crippen molar-refractivity contribution in [3.05, 3.63) is 29.3 Å². The largest absolute Gasteiger partial charge is 0.494 e. The fourth-order valence-corrected chi connectivity index (χ4v) is 2.05. The summed E-state index contributed by atoms with van der Waals surface area (Å²) in [5, 5.41) is 0. The maximum atomic E-state index is 14.0. The second-order valence-corrected chi connectivity index (χ2v) is 4.53. The fraction of sp³-hybridized carbons (Fsp3) is 0.462. The summed E-state index contributed by atoms with van der Waals surface area (Å²) in [4.78, 5) is 15.7. The third-order valence-corrected chi connectivity index (χ3v) is 3.28. The minimum atomic E-state index is -0.938. The molecule has 1 aliphatic heterocycles. The summed E-state index contributed by atoms with van der Waals surface area (Å²) in [6.07, 6.45) is 0. The number of ether oxygens (including phenoxy) is 1. The van der Waals surface area contributed by atoms with Gasteiger partial charge in [-0.25, -0.2) is 8.78 Å². The number of likely N-dealkylation sites (N-methyl/N-ethyl adjacent to an activating group) is 1. The Morgan fingerprint density at radius 3 is 2.42 bits per heavy atom. The van der Waals surface area contributed by atoms with Gasteiger partial charge in [-0.15, -0.1) is 0 Å². The van der Waals surface area contributed by atoms with E-state index in [1.165, 1.54) is 18.1 Å². The van der Waals surface area contributed by atoms with Crippen LogP contribution in [0.25, 0.3) is 0 Å². The van der Waals surface area contributed by atoms with E-state index in [1.54, 1.807) is 0 Å². The summed E-state index contributed by atoms with van der Waals surface area (Å²) in [5.41, 5.74) is -0.538. The lowest BCUT2D eigenvalue weighted by atomic mass is 10.1. The fourth-order valence-electron chi connectivity index (χ4n) is 2.05. The van der Waals surface area contributed by atoms with E-state index >= 15 is 0 Å². The average Bonchev–Trinajstić information content (AvgIpc) is 2.39. The number of rotatable bonds is 2. The molecule has 0 bridgehead atoms. The molecule has 1 aromatic carbocycles. The van der Waals surface area contributed by atoms with Gasteiger partial charge < -0.3 is 14.5 Å². The Labute approximate surface area is 110 Å². The molecule has 4 nitrogen and oxygen atoms in total. The summed E-state index contributed by atoms with van der Waals surface area (Å²) < 4.78 is 32.5. The van der Waals surface area contributed by atoms with Gasteiger partial charge in [0.15, 0.2) is 11.6 Å². The average molecular weight is 270 g/mol. The molecule has 2 rings (SSSR count). The summed E-state index contributed by atoms with van der Waals surface area (Å²) in [5.74, 6) is -2.55. The van der Waals surface area contributed by atoms with Crippen molar-refractivity contribution in [1.82, 2.24) is 9.80 Å². The number of halogens is 2. The van der Waals surface area contributed by atoms with E-state index in [2.05, 4.69) is 4.90 Å². The quantitative estimate of drug-likeness (QED) is 0.813. The highest BCUT2D eigenvalue weighted by Gasteiger charge is 2.27. The van der Waals surface area contributed by atoms with Gasteiger partial charge in [-0.1, -0.05) is 0 Å². The van der Waals surface area contributed by atoms with Crippen molar-refractivity contribution in [3.63, 3.8) is 0 Å². The molecular weight excluding hydrogens is 254 g/mol.